The van der Waals surface area contributed by atoms with E-state index in [1.54, 1.807) is 0 Å². The number of rotatable bonds is 2. The van der Waals surface area contributed by atoms with Crippen LogP contribution >= 0.6 is 11.6 Å². The van der Waals surface area contributed by atoms with Crippen molar-refractivity contribution in [3.8, 4) is 0 Å². The van der Waals surface area contributed by atoms with Gasteiger partial charge in [0.05, 0.1) is 0 Å². The van der Waals surface area contributed by atoms with Gasteiger partial charge >= 0.3 is 0 Å². The lowest BCUT2D eigenvalue weighted by atomic mass is 9.90. The molecule has 1 unspecified atom stereocenters. The lowest BCUT2D eigenvalue weighted by Gasteiger charge is -2.15. The molecule has 0 aliphatic heterocycles. The first-order chi connectivity index (χ1) is 5.61. The first-order valence-electron chi connectivity index (χ1n) is 4.20. The Morgan fingerprint density at radius 3 is 2.08 bits per heavy atom. The monoisotopic (exact) mass is 181 g/mol. The molecule has 65 valence electrons. The molecule has 0 saturated heterocycles. The minimum absolute atomic E-state index is 0.363. The molecule has 1 aromatic rings. The summed E-state index contributed by atoms with van der Waals surface area (Å²) < 4.78 is 0. The molecule has 1 heteroatoms. The molecular formula is C11H14Cl. The van der Waals surface area contributed by atoms with Gasteiger partial charge in [-0.2, -0.15) is 0 Å². The zero-order chi connectivity index (χ0) is 9.14. The van der Waals surface area contributed by atoms with Crippen LogP contribution in [0.1, 0.15) is 25.3 Å². The maximum Gasteiger partial charge on any atom is 0.0406 e. The fourth-order valence-corrected chi connectivity index (χ4v) is 1.22. The SMILES string of the molecule is [CH2]C(c1ccc(Cl)cc1)C(C)C. The van der Waals surface area contributed by atoms with Crippen LogP contribution in [0.15, 0.2) is 24.3 Å². The molecule has 1 aromatic carbocycles. The molecule has 0 spiro atoms. The van der Waals surface area contributed by atoms with E-state index in [4.69, 9.17) is 11.6 Å². The van der Waals surface area contributed by atoms with Crippen LogP contribution in [0.2, 0.25) is 5.02 Å². The third kappa shape index (κ3) is 2.25. The van der Waals surface area contributed by atoms with Crippen molar-refractivity contribution in [3.63, 3.8) is 0 Å². The summed E-state index contributed by atoms with van der Waals surface area (Å²) in [5, 5.41) is 0.787. The molecular weight excluding hydrogens is 168 g/mol. The molecule has 0 N–H and O–H groups in total. The predicted molar refractivity (Wildman–Crippen MR) is 54.4 cm³/mol. The average molecular weight is 182 g/mol. The summed E-state index contributed by atoms with van der Waals surface area (Å²) in [7, 11) is 0. The van der Waals surface area contributed by atoms with Crippen LogP contribution in [0.4, 0.5) is 0 Å². The van der Waals surface area contributed by atoms with Gasteiger partial charge in [0.25, 0.3) is 0 Å². The van der Waals surface area contributed by atoms with Crippen molar-refractivity contribution in [1.29, 1.82) is 0 Å². The maximum absolute atomic E-state index is 5.78. The number of hydrogen-bond donors (Lipinski definition) is 0. The van der Waals surface area contributed by atoms with Gasteiger partial charge in [0.15, 0.2) is 0 Å². The summed E-state index contributed by atoms with van der Waals surface area (Å²) >= 11 is 5.78. The van der Waals surface area contributed by atoms with Gasteiger partial charge in [0, 0.05) is 5.02 Å². The highest BCUT2D eigenvalue weighted by atomic mass is 35.5. The summed E-state index contributed by atoms with van der Waals surface area (Å²) in [5.41, 5.74) is 1.26. The highest BCUT2D eigenvalue weighted by Crippen LogP contribution is 2.24. The van der Waals surface area contributed by atoms with Gasteiger partial charge in [-0.1, -0.05) is 37.6 Å². The zero-order valence-corrected chi connectivity index (χ0v) is 8.31. The average Bonchev–Trinajstić information content (AvgIpc) is 2.04. The summed E-state index contributed by atoms with van der Waals surface area (Å²) in [5.74, 6) is 0.938. The first kappa shape index (κ1) is 9.60. The van der Waals surface area contributed by atoms with Crippen LogP contribution < -0.4 is 0 Å². The lowest BCUT2D eigenvalue weighted by molar-refractivity contribution is 0.575. The van der Waals surface area contributed by atoms with E-state index >= 15 is 0 Å². The van der Waals surface area contributed by atoms with Crippen molar-refractivity contribution in [3.05, 3.63) is 41.8 Å². The van der Waals surface area contributed by atoms with Crippen molar-refractivity contribution in [2.45, 2.75) is 19.8 Å². The fourth-order valence-electron chi connectivity index (χ4n) is 1.09. The van der Waals surface area contributed by atoms with Crippen molar-refractivity contribution in [2.24, 2.45) is 5.92 Å². The van der Waals surface area contributed by atoms with E-state index < -0.39 is 0 Å². The quantitative estimate of drug-likeness (QED) is 0.649. The van der Waals surface area contributed by atoms with Gasteiger partial charge in [-0.25, -0.2) is 0 Å². The van der Waals surface area contributed by atoms with E-state index in [0.29, 0.717) is 11.8 Å². The Hall–Kier alpha value is -0.490. The van der Waals surface area contributed by atoms with Crippen LogP contribution in [-0.2, 0) is 0 Å². The second kappa shape index (κ2) is 3.95. The van der Waals surface area contributed by atoms with E-state index in [0.717, 1.165) is 5.02 Å². The molecule has 0 amide bonds. The van der Waals surface area contributed by atoms with E-state index in [1.165, 1.54) is 5.56 Å². The fraction of sp³-hybridized carbons (Fsp3) is 0.364. The van der Waals surface area contributed by atoms with Crippen LogP contribution in [0.25, 0.3) is 0 Å². The van der Waals surface area contributed by atoms with Gasteiger partial charge in [-0.3, -0.25) is 0 Å². The lowest BCUT2D eigenvalue weighted by Crippen LogP contribution is -2.01. The number of benzene rings is 1. The Morgan fingerprint density at radius 2 is 1.67 bits per heavy atom. The molecule has 0 bridgehead atoms. The van der Waals surface area contributed by atoms with Crippen molar-refractivity contribution >= 4 is 11.6 Å². The van der Waals surface area contributed by atoms with Crippen LogP contribution in [0.3, 0.4) is 0 Å². The molecule has 1 radical (unpaired) electrons. The first-order valence-corrected chi connectivity index (χ1v) is 4.57. The molecule has 0 saturated carbocycles. The summed E-state index contributed by atoms with van der Waals surface area (Å²) in [6.45, 7) is 8.44. The Kier molecular flexibility index (Phi) is 3.16. The topological polar surface area (TPSA) is 0 Å². The van der Waals surface area contributed by atoms with Crippen LogP contribution in [-0.4, -0.2) is 0 Å². The minimum atomic E-state index is 0.363. The molecule has 1 rings (SSSR count). The zero-order valence-electron chi connectivity index (χ0n) is 7.55. The molecule has 12 heavy (non-hydrogen) atoms. The standard InChI is InChI=1S/C11H14Cl/c1-8(2)9(3)10-4-6-11(12)7-5-10/h4-9H,3H2,1-2H3. The Bertz CT molecular complexity index is 236. The number of halogens is 1. The molecule has 1 atom stereocenters. The maximum atomic E-state index is 5.78. The highest BCUT2D eigenvalue weighted by molar-refractivity contribution is 6.30. The van der Waals surface area contributed by atoms with Gasteiger partial charge in [-0.15, -0.1) is 0 Å². The van der Waals surface area contributed by atoms with E-state index in [2.05, 4.69) is 20.8 Å². The van der Waals surface area contributed by atoms with E-state index in [1.807, 2.05) is 24.3 Å². The second-order valence-electron chi connectivity index (χ2n) is 3.40. The van der Waals surface area contributed by atoms with Crippen LogP contribution in [0.5, 0.6) is 0 Å². The van der Waals surface area contributed by atoms with Gasteiger partial charge in [0.2, 0.25) is 0 Å². The highest BCUT2D eigenvalue weighted by Gasteiger charge is 2.08. The minimum Gasteiger partial charge on any atom is -0.0843 e. The van der Waals surface area contributed by atoms with Crippen molar-refractivity contribution < 1.29 is 0 Å². The van der Waals surface area contributed by atoms with Gasteiger partial charge in [0.1, 0.15) is 0 Å². The van der Waals surface area contributed by atoms with Crippen molar-refractivity contribution in [1.82, 2.24) is 0 Å². The molecule has 0 nitrogen and oxygen atoms in total. The van der Waals surface area contributed by atoms with Gasteiger partial charge in [-0.05, 0) is 36.5 Å². The normalized spacial score (nSPS) is 13.4. The molecule has 0 aliphatic rings. The predicted octanol–water partition coefficient (Wildman–Crippen LogP) is 3.91. The summed E-state index contributed by atoms with van der Waals surface area (Å²) in [6, 6.07) is 7.91. The summed E-state index contributed by atoms with van der Waals surface area (Å²) in [4.78, 5) is 0. The Morgan fingerprint density at radius 1 is 1.17 bits per heavy atom. The Balaban J connectivity index is 2.82. The smallest absolute Gasteiger partial charge is 0.0406 e. The van der Waals surface area contributed by atoms with E-state index in [-0.39, 0.29) is 0 Å². The Labute approximate surface area is 79.6 Å². The largest absolute Gasteiger partial charge is 0.0843 e. The van der Waals surface area contributed by atoms with E-state index in [9.17, 15) is 0 Å². The van der Waals surface area contributed by atoms with Gasteiger partial charge < -0.3 is 0 Å². The van der Waals surface area contributed by atoms with Crippen molar-refractivity contribution in [2.75, 3.05) is 0 Å². The third-order valence-corrected chi connectivity index (χ3v) is 2.35. The molecule has 0 fully saturated rings. The molecule has 0 heterocycles. The van der Waals surface area contributed by atoms with Crippen LogP contribution in [0, 0.1) is 12.8 Å². The second-order valence-corrected chi connectivity index (χ2v) is 3.84. The summed E-state index contributed by atoms with van der Waals surface area (Å²) in [6.07, 6.45) is 0. The molecule has 0 aliphatic carbocycles. The third-order valence-electron chi connectivity index (χ3n) is 2.10. The molecule has 0 aromatic heterocycles. The number of hydrogen-bond acceptors (Lipinski definition) is 0.